The molecule has 0 saturated carbocycles. The number of hydrogen-bond donors (Lipinski definition) is 0. The summed E-state index contributed by atoms with van der Waals surface area (Å²) in [5.41, 5.74) is 7.30. The molecule has 1 fully saturated rings. The van der Waals surface area contributed by atoms with E-state index in [1.54, 1.807) is 0 Å². The van der Waals surface area contributed by atoms with Crippen LogP contribution >= 0.6 is 0 Å². The van der Waals surface area contributed by atoms with Gasteiger partial charge in [0.05, 0.1) is 16.6 Å². The van der Waals surface area contributed by atoms with Crippen LogP contribution in [0.2, 0.25) is 0 Å². The van der Waals surface area contributed by atoms with E-state index in [4.69, 9.17) is 9.31 Å². The van der Waals surface area contributed by atoms with Gasteiger partial charge in [0.2, 0.25) is 0 Å². The molecule has 1 aliphatic carbocycles. The lowest BCUT2D eigenvalue weighted by Crippen LogP contribution is -2.41. The first kappa shape index (κ1) is 21.3. The summed E-state index contributed by atoms with van der Waals surface area (Å²) >= 11 is 0. The van der Waals surface area contributed by atoms with E-state index in [-0.39, 0.29) is 11.2 Å². The number of aromatic nitrogens is 1. The standard InChI is InChI=1S/C30H28BNO2/c1-28(2)29(3,4)34-31(33-28)23-14-15-25-24-12-8-9-13-26(24)30(27(25)20-23,21-10-6-5-7-11-21)22-16-18-32-19-17-22/h5-20H,1-4H3. The van der Waals surface area contributed by atoms with Crippen molar-refractivity contribution in [3.63, 3.8) is 0 Å². The fourth-order valence-electron chi connectivity index (χ4n) is 5.50. The summed E-state index contributed by atoms with van der Waals surface area (Å²) in [6, 6.07) is 30.5. The molecule has 0 bridgehead atoms. The Hall–Kier alpha value is -3.21. The topological polar surface area (TPSA) is 31.4 Å². The molecule has 4 aromatic rings. The Morgan fingerprint density at radius 3 is 1.91 bits per heavy atom. The number of fused-ring (bicyclic) bond motifs is 3. The molecule has 0 N–H and O–H groups in total. The van der Waals surface area contributed by atoms with Crippen molar-refractivity contribution >= 4 is 12.6 Å². The summed E-state index contributed by atoms with van der Waals surface area (Å²) in [5.74, 6) is 0. The van der Waals surface area contributed by atoms with Crippen LogP contribution in [0.5, 0.6) is 0 Å². The van der Waals surface area contributed by atoms with E-state index >= 15 is 0 Å². The van der Waals surface area contributed by atoms with E-state index in [0.29, 0.717) is 0 Å². The predicted octanol–water partition coefficient (Wildman–Crippen LogP) is 5.74. The van der Waals surface area contributed by atoms with E-state index in [1.165, 1.54) is 33.4 Å². The third-order valence-electron chi connectivity index (χ3n) is 7.91. The van der Waals surface area contributed by atoms with Crippen molar-refractivity contribution in [2.24, 2.45) is 0 Å². The molecule has 4 heteroatoms. The van der Waals surface area contributed by atoms with Crippen molar-refractivity contribution in [2.75, 3.05) is 0 Å². The van der Waals surface area contributed by atoms with Crippen molar-refractivity contribution < 1.29 is 9.31 Å². The van der Waals surface area contributed by atoms with Crippen molar-refractivity contribution in [3.8, 4) is 11.1 Å². The second kappa shape index (κ2) is 7.40. The molecule has 168 valence electrons. The SMILES string of the molecule is CC1(C)OB(c2ccc3c(c2)C(c2ccccc2)(c2ccncc2)c2ccccc2-3)OC1(C)C. The maximum Gasteiger partial charge on any atom is 0.494 e. The van der Waals surface area contributed by atoms with Gasteiger partial charge in [0.15, 0.2) is 0 Å². The van der Waals surface area contributed by atoms with Gasteiger partial charge in [-0.1, -0.05) is 72.8 Å². The molecule has 2 heterocycles. The highest BCUT2D eigenvalue weighted by atomic mass is 16.7. The Bertz CT molecular complexity index is 1310. The minimum atomic E-state index is -0.449. The first-order chi connectivity index (χ1) is 16.3. The van der Waals surface area contributed by atoms with Crippen LogP contribution in [0.25, 0.3) is 11.1 Å². The lowest BCUT2D eigenvalue weighted by Gasteiger charge is -2.34. The van der Waals surface area contributed by atoms with Gasteiger partial charge in [-0.2, -0.15) is 0 Å². The quantitative estimate of drug-likeness (QED) is 0.332. The minimum absolute atomic E-state index is 0.388. The molecular weight excluding hydrogens is 417 g/mol. The highest BCUT2D eigenvalue weighted by molar-refractivity contribution is 6.62. The Morgan fingerprint density at radius 2 is 1.21 bits per heavy atom. The first-order valence-electron chi connectivity index (χ1n) is 11.9. The molecule has 6 rings (SSSR count). The van der Waals surface area contributed by atoms with Crippen LogP contribution in [0.4, 0.5) is 0 Å². The predicted molar refractivity (Wildman–Crippen MR) is 137 cm³/mol. The molecule has 1 saturated heterocycles. The summed E-state index contributed by atoms with van der Waals surface area (Å²) < 4.78 is 12.9. The van der Waals surface area contributed by atoms with Crippen LogP contribution in [0, 0.1) is 0 Å². The van der Waals surface area contributed by atoms with Gasteiger partial charge in [-0.25, -0.2) is 0 Å². The van der Waals surface area contributed by atoms with Crippen molar-refractivity contribution in [1.82, 2.24) is 4.98 Å². The Kier molecular flexibility index (Phi) is 4.64. The van der Waals surface area contributed by atoms with Gasteiger partial charge in [-0.05, 0) is 78.7 Å². The molecule has 34 heavy (non-hydrogen) atoms. The minimum Gasteiger partial charge on any atom is -0.399 e. The number of hydrogen-bond acceptors (Lipinski definition) is 3. The molecular formula is C30H28BNO2. The monoisotopic (exact) mass is 445 g/mol. The second-order valence-corrected chi connectivity index (χ2v) is 10.3. The average molecular weight is 445 g/mol. The highest BCUT2D eigenvalue weighted by Gasteiger charge is 2.53. The molecule has 0 radical (unpaired) electrons. The number of benzene rings is 3. The Balaban J connectivity index is 1.64. The number of rotatable bonds is 3. The van der Waals surface area contributed by atoms with E-state index in [0.717, 1.165) is 5.46 Å². The fraction of sp³-hybridized carbons (Fsp3) is 0.233. The molecule has 3 aromatic carbocycles. The number of nitrogens with zero attached hydrogens (tertiary/aromatic N) is 1. The Labute approximate surface area is 201 Å². The van der Waals surface area contributed by atoms with Crippen LogP contribution < -0.4 is 5.46 Å². The van der Waals surface area contributed by atoms with Gasteiger partial charge in [0.25, 0.3) is 0 Å². The highest BCUT2D eigenvalue weighted by Crippen LogP contribution is 2.55. The maximum absolute atomic E-state index is 6.43. The summed E-state index contributed by atoms with van der Waals surface area (Å²) in [4.78, 5) is 4.33. The van der Waals surface area contributed by atoms with Gasteiger partial charge in [0.1, 0.15) is 0 Å². The molecule has 1 unspecified atom stereocenters. The van der Waals surface area contributed by atoms with Gasteiger partial charge in [0, 0.05) is 12.4 Å². The van der Waals surface area contributed by atoms with Gasteiger partial charge >= 0.3 is 7.12 Å². The van der Waals surface area contributed by atoms with Crippen LogP contribution in [0.3, 0.4) is 0 Å². The molecule has 1 atom stereocenters. The summed E-state index contributed by atoms with van der Waals surface area (Å²) in [5, 5.41) is 0. The maximum atomic E-state index is 6.43. The summed E-state index contributed by atoms with van der Waals surface area (Å²) in [6.07, 6.45) is 3.78. The normalized spacial score (nSPS) is 21.8. The molecule has 0 amide bonds. The zero-order valence-electron chi connectivity index (χ0n) is 20.1. The van der Waals surface area contributed by atoms with E-state index in [1.807, 2.05) is 12.4 Å². The molecule has 2 aliphatic rings. The van der Waals surface area contributed by atoms with Crippen molar-refractivity contribution in [3.05, 3.63) is 120 Å². The van der Waals surface area contributed by atoms with Gasteiger partial charge < -0.3 is 9.31 Å². The molecule has 1 aromatic heterocycles. The zero-order chi connectivity index (χ0) is 23.6. The van der Waals surface area contributed by atoms with Gasteiger partial charge in [-0.15, -0.1) is 0 Å². The van der Waals surface area contributed by atoms with E-state index < -0.39 is 12.5 Å². The van der Waals surface area contributed by atoms with Crippen LogP contribution in [-0.4, -0.2) is 23.3 Å². The molecule has 1 aliphatic heterocycles. The van der Waals surface area contributed by atoms with E-state index in [9.17, 15) is 0 Å². The second-order valence-electron chi connectivity index (χ2n) is 10.3. The smallest absolute Gasteiger partial charge is 0.399 e. The van der Waals surface area contributed by atoms with Crippen LogP contribution in [-0.2, 0) is 14.7 Å². The molecule has 3 nitrogen and oxygen atoms in total. The lowest BCUT2D eigenvalue weighted by molar-refractivity contribution is 0.00578. The van der Waals surface area contributed by atoms with Crippen LogP contribution in [0.15, 0.2) is 97.3 Å². The fourth-order valence-corrected chi connectivity index (χ4v) is 5.50. The van der Waals surface area contributed by atoms with Crippen LogP contribution in [0.1, 0.15) is 49.9 Å². The van der Waals surface area contributed by atoms with Crippen molar-refractivity contribution in [2.45, 2.75) is 44.3 Å². The zero-order valence-corrected chi connectivity index (χ0v) is 20.1. The third-order valence-corrected chi connectivity index (χ3v) is 7.91. The lowest BCUT2D eigenvalue weighted by atomic mass is 9.66. The summed E-state index contributed by atoms with van der Waals surface area (Å²) in [7, 11) is -0.412. The largest absolute Gasteiger partial charge is 0.494 e. The molecule has 0 spiro atoms. The average Bonchev–Trinajstić information content (AvgIpc) is 3.27. The number of pyridine rings is 1. The summed E-state index contributed by atoms with van der Waals surface area (Å²) in [6.45, 7) is 8.39. The van der Waals surface area contributed by atoms with Gasteiger partial charge in [-0.3, -0.25) is 4.98 Å². The first-order valence-corrected chi connectivity index (χ1v) is 11.9. The van der Waals surface area contributed by atoms with E-state index in [2.05, 4.69) is 118 Å². The Morgan fingerprint density at radius 1 is 0.618 bits per heavy atom. The third kappa shape index (κ3) is 2.89. The van der Waals surface area contributed by atoms with Crippen molar-refractivity contribution in [1.29, 1.82) is 0 Å².